The van der Waals surface area contributed by atoms with Gasteiger partial charge >= 0.3 is 0 Å². The molecule has 25 heavy (non-hydrogen) atoms. The van der Waals surface area contributed by atoms with Gasteiger partial charge < -0.3 is 19.9 Å². The average molecular weight is 345 g/mol. The van der Waals surface area contributed by atoms with E-state index in [2.05, 4.69) is 52.0 Å². The molecule has 2 rings (SSSR count). The van der Waals surface area contributed by atoms with E-state index in [1.807, 2.05) is 25.2 Å². The van der Waals surface area contributed by atoms with Crippen LogP contribution >= 0.6 is 0 Å². The molecule has 2 aromatic rings. The Labute approximate surface area is 150 Å². The van der Waals surface area contributed by atoms with Crippen molar-refractivity contribution in [3.05, 3.63) is 30.1 Å². The van der Waals surface area contributed by atoms with E-state index in [-0.39, 0.29) is 0 Å². The SMILES string of the molecule is CCNC(=NCc1nc2ccccc2n1C)NCCCOCC(C)C. The van der Waals surface area contributed by atoms with Crippen LogP contribution in [0.15, 0.2) is 29.3 Å². The molecule has 2 N–H and O–H groups in total. The molecule has 0 radical (unpaired) electrons. The lowest BCUT2D eigenvalue weighted by atomic mass is 10.2. The van der Waals surface area contributed by atoms with Crippen LogP contribution in [0.2, 0.25) is 0 Å². The van der Waals surface area contributed by atoms with Crippen LogP contribution in [0.25, 0.3) is 11.0 Å². The van der Waals surface area contributed by atoms with Crippen LogP contribution in [-0.4, -0.2) is 41.8 Å². The third kappa shape index (κ3) is 6.05. The van der Waals surface area contributed by atoms with Gasteiger partial charge in [0.25, 0.3) is 0 Å². The standard InChI is InChI=1S/C19H31N5O/c1-5-20-19(21-11-8-12-25-14-15(2)3)22-13-18-23-16-9-6-7-10-17(16)24(18)4/h6-7,9-10,15H,5,8,11-14H2,1-4H3,(H2,20,21,22). The van der Waals surface area contributed by atoms with E-state index in [4.69, 9.17) is 4.74 Å². The smallest absolute Gasteiger partial charge is 0.191 e. The van der Waals surface area contributed by atoms with Crippen LogP contribution in [0.4, 0.5) is 0 Å². The van der Waals surface area contributed by atoms with Crippen LogP contribution in [0.1, 0.15) is 33.0 Å². The number of aryl methyl sites for hydroxylation is 1. The first kappa shape index (κ1) is 19.2. The predicted molar refractivity (Wildman–Crippen MR) is 104 cm³/mol. The summed E-state index contributed by atoms with van der Waals surface area (Å²) in [5, 5.41) is 6.63. The normalized spacial score (nSPS) is 12.1. The van der Waals surface area contributed by atoms with Crippen molar-refractivity contribution >= 4 is 17.0 Å². The Kier molecular flexibility index (Phi) is 7.73. The van der Waals surface area contributed by atoms with Gasteiger partial charge in [0.05, 0.1) is 11.0 Å². The molecule has 0 aliphatic rings. The van der Waals surface area contributed by atoms with E-state index in [1.165, 1.54) is 0 Å². The summed E-state index contributed by atoms with van der Waals surface area (Å²) < 4.78 is 7.70. The second kappa shape index (κ2) is 10.0. The number of hydrogen-bond acceptors (Lipinski definition) is 3. The van der Waals surface area contributed by atoms with Crippen molar-refractivity contribution in [3.63, 3.8) is 0 Å². The minimum Gasteiger partial charge on any atom is -0.381 e. The van der Waals surface area contributed by atoms with Crippen molar-refractivity contribution in [2.75, 3.05) is 26.3 Å². The summed E-state index contributed by atoms with van der Waals surface area (Å²) in [5.74, 6) is 2.36. The first-order chi connectivity index (χ1) is 12.1. The van der Waals surface area contributed by atoms with Gasteiger partial charge in [0.2, 0.25) is 0 Å². The Morgan fingerprint density at radius 3 is 2.80 bits per heavy atom. The van der Waals surface area contributed by atoms with Crippen molar-refractivity contribution in [3.8, 4) is 0 Å². The Balaban J connectivity index is 1.87. The summed E-state index contributed by atoms with van der Waals surface area (Å²) in [5.41, 5.74) is 2.14. The quantitative estimate of drug-likeness (QED) is 0.417. The Morgan fingerprint density at radius 1 is 1.28 bits per heavy atom. The topological polar surface area (TPSA) is 63.5 Å². The Morgan fingerprint density at radius 2 is 2.08 bits per heavy atom. The summed E-state index contributed by atoms with van der Waals surface area (Å²) in [6.45, 7) is 10.2. The molecule has 0 aliphatic carbocycles. The molecule has 0 atom stereocenters. The van der Waals surface area contributed by atoms with E-state index in [1.54, 1.807) is 0 Å². The first-order valence-corrected chi connectivity index (χ1v) is 9.12. The molecule has 1 aromatic heterocycles. The molecule has 138 valence electrons. The molecule has 0 saturated carbocycles. The Hall–Kier alpha value is -2.08. The predicted octanol–water partition coefficient (Wildman–Crippen LogP) is 2.69. The maximum atomic E-state index is 5.60. The number of nitrogens with one attached hydrogen (secondary N) is 2. The number of guanidine groups is 1. The second-order valence-corrected chi connectivity index (χ2v) is 6.52. The van der Waals surface area contributed by atoms with Crippen LogP contribution in [0.3, 0.4) is 0 Å². The zero-order valence-corrected chi connectivity index (χ0v) is 15.9. The first-order valence-electron chi connectivity index (χ1n) is 9.12. The minimum absolute atomic E-state index is 0.546. The molecule has 0 saturated heterocycles. The molecule has 0 aliphatic heterocycles. The molecule has 0 amide bonds. The fourth-order valence-electron chi connectivity index (χ4n) is 2.53. The van der Waals surface area contributed by atoms with E-state index < -0.39 is 0 Å². The van der Waals surface area contributed by atoms with Crippen LogP contribution < -0.4 is 10.6 Å². The van der Waals surface area contributed by atoms with Crippen molar-refractivity contribution < 1.29 is 4.74 Å². The second-order valence-electron chi connectivity index (χ2n) is 6.52. The maximum absolute atomic E-state index is 5.60. The van der Waals surface area contributed by atoms with E-state index >= 15 is 0 Å². The highest BCUT2D eigenvalue weighted by molar-refractivity contribution is 5.80. The highest BCUT2D eigenvalue weighted by Gasteiger charge is 2.06. The fourth-order valence-corrected chi connectivity index (χ4v) is 2.53. The molecular formula is C19H31N5O. The zero-order valence-electron chi connectivity index (χ0n) is 15.9. The number of nitrogens with zero attached hydrogens (tertiary/aromatic N) is 3. The maximum Gasteiger partial charge on any atom is 0.191 e. The molecule has 6 heteroatoms. The summed E-state index contributed by atoms with van der Waals surface area (Å²) in [7, 11) is 2.03. The molecule has 0 unspecified atom stereocenters. The zero-order chi connectivity index (χ0) is 18.1. The number of benzene rings is 1. The van der Waals surface area contributed by atoms with Gasteiger partial charge in [-0.25, -0.2) is 9.98 Å². The lowest BCUT2D eigenvalue weighted by Crippen LogP contribution is -2.38. The van der Waals surface area contributed by atoms with E-state index in [0.29, 0.717) is 12.5 Å². The van der Waals surface area contributed by atoms with Gasteiger partial charge in [0.1, 0.15) is 12.4 Å². The van der Waals surface area contributed by atoms with Crippen molar-refractivity contribution in [2.24, 2.45) is 18.0 Å². The number of para-hydroxylation sites is 2. The van der Waals surface area contributed by atoms with Crippen LogP contribution in [0, 0.1) is 5.92 Å². The van der Waals surface area contributed by atoms with Crippen molar-refractivity contribution in [2.45, 2.75) is 33.7 Å². The monoisotopic (exact) mass is 345 g/mol. The van der Waals surface area contributed by atoms with Crippen LogP contribution in [-0.2, 0) is 18.3 Å². The number of fused-ring (bicyclic) bond motifs is 1. The lowest BCUT2D eigenvalue weighted by Gasteiger charge is -2.12. The van der Waals surface area contributed by atoms with Crippen molar-refractivity contribution in [1.82, 2.24) is 20.2 Å². The summed E-state index contributed by atoms with van der Waals surface area (Å²) in [6, 6.07) is 8.15. The minimum atomic E-state index is 0.546. The third-order valence-electron chi connectivity index (χ3n) is 3.81. The van der Waals surface area contributed by atoms with Gasteiger partial charge in [-0.05, 0) is 31.4 Å². The average Bonchev–Trinajstić information content (AvgIpc) is 2.92. The van der Waals surface area contributed by atoms with Gasteiger partial charge in [0, 0.05) is 33.4 Å². The third-order valence-corrected chi connectivity index (χ3v) is 3.81. The Bertz CT molecular complexity index is 678. The van der Waals surface area contributed by atoms with Gasteiger partial charge in [-0.1, -0.05) is 26.0 Å². The number of rotatable bonds is 9. The molecule has 0 spiro atoms. The largest absolute Gasteiger partial charge is 0.381 e. The molecular weight excluding hydrogens is 314 g/mol. The number of imidazole rings is 1. The molecule has 1 aromatic carbocycles. The van der Waals surface area contributed by atoms with Gasteiger partial charge in [0.15, 0.2) is 5.96 Å². The lowest BCUT2D eigenvalue weighted by molar-refractivity contribution is 0.108. The summed E-state index contributed by atoms with van der Waals surface area (Å²) >= 11 is 0. The highest BCUT2D eigenvalue weighted by atomic mass is 16.5. The molecule has 0 bridgehead atoms. The van der Waals surface area contributed by atoms with Gasteiger partial charge in [-0.2, -0.15) is 0 Å². The number of aromatic nitrogens is 2. The van der Waals surface area contributed by atoms with E-state index in [9.17, 15) is 0 Å². The summed E-state index contributed by atoms with van der Waals surface area (Å²) in [6.07, 6.45) is 0.962. The molecule has 6 nitrogen and oxygen atoms in total. The number of ether oxygens (including phenoxy) is 1. The number of aliphatic imine (C=N–C) groups is 1. The molecule has 1 heterocycles. The fraction of sp³-hybridized carbons (Fsp3) is 0.579. The summed E-state index contributed by atoms with van der Waals surface area (Å²) in [4.78, 5) is 9.32. The highest BCUT2D eigenvalue weighted by Crippen LogP contribution is 2.14. The van der Waals surface area contributed by atoms with Crippen LogP contribution in [0.5, 0.6) is 0 Å². The van der Waals surface area contributed by atoms with Gasteiger partial charge in [-0.15, -0.1) is 0 Å². The number of hydrogen-bond donors (Lipinski definition) is 2. The molecule has 0 fully saturated rings. The van der Waals surface area contributed by atoms with E-state index in [0.717, 1.165) is 55.5 Å². The van der Waals surface area contributed by atoms with Crippen molar-refractivity contribution in [1.29, 1.82) is 0 Å². The van der Waals surface area contributed by atoms with Gasteiger partial charge in [-0.3, -0.25) is 0 Å².